The summed E-state index contributed by atoms with van der Waals surface area (Å²) in [4.78, 5) is 5.19. The van der Waals surface area contributed by atoms with Crippen molar-refractivity contribution in [1.29, 1.82) is 0 Å². The van der Waals surface area contributed by atoms with E-state index in [2.05, 4.69) is 29.0 Å². The summed E-state index contributed by atoms with van der Waals surface area (Å²) in [6.07, 6.45) is 6.84. The van der Waals surface area contributed by atoms with Crippen LogP contribution in [0.5, 0.6) is 0 Å². The van der Waals surface area contributed by atoms with Crippen molar-refractivity contribution < 1.29 is 0 Å². The van der Waals surface area contributed by atoms with E-state index in [4.69, 9.17) is 0 Å². The molecule has 3 nitrogen and oxygen atoms in total. The number of hydrogen-bond acceptors (Lipinski definition) is 3. The molecule has 0 aliphatic carbocycles. The second-order valence-electron chi connectivity index (χ2n) is 5.96. The normalized spacial score (nSPS) is 32.3. The zero-order valence-corrected chi connectivity index (χ0v) is 12.3. The van der Waals surface area contributed by atoms with Crippen molar-refractivity contribution in [1.82, 2.24) is 15.1 Å². The highest BCUT2D eigenvalue weighted by atomic mass is 15.2. The maximum absolute atomic E-state index is 3.94. The van der Waals surface area contributed by atoms with Crippen LogP contribution in [0.3, 0.4) is 0 Å². The van der Waals surface area contributed by atoms with Gasteiger partial charge in [-0.05, 0) is 64.8 Å². The van der Waals surface area contributed by atoms with Crippen molar-refractivity contribution in [3.8, 4) is 0 Å². The van der Waals surface area contributed by atoms with Crippen molar-refractivity contribution >= 4 is 0 Å². The predicted molar refractivity (Wildman–Crippen MR) is 78.0 cm³/mol. The molecule has 0 spiro atoms. The molecule has 2 unspecified atom stereocenters. The smallest absolute Gasteiger partial charge is 0.0198 e. The van der Waals surface area contributed by atoms with E-state index in [1.54, 1.807) is 0 Å². The maximum Gasteiger partial charge on any atom is 0.0198 e. The fourth-order valence-electron chi connectivity index (χ4n) is 3.45. The number of likely N-dealkylation sites (tertiary alicyclic amines) is 2. The highest BCUT2D eigenvalue weighted by molar-refractivity contribution is 4.83. The Balaban J connectivity index is 1.75. The molecule has 0 saturated carbocycles. The van der Waals surface area contributed by atoms with Gasteiger partial charge in [0, 0.05) is 18.6 Å². The third-order valence-corrected chi connectivity index (χ3v) is 4.69. The van der Waals surface area contributed by atoms with Crippen LogP contribution in [0.2, 0.25) is 0 Å². The number of hydrogen-bond donors (Lipinski definition) is 1. The molecular weight excluding hydrogens is 222 g/mol. The third-order valence-electron chi connectivity index (χ3n) is 4.69. The van der Waals surface area contributed by atoms with Gasteiger partial charge in [0.15, 0.2) is 0 Å². The molecule has 2 rings (SSSR count). The average Bonchev–Trinajstić information content (AvgIpc) is 2.64. The molecule has 0 radical (unpaired) electrons. The van der Waals surface area contributed by atoms with Crippen molar-refractivity contribution in [2.45, 2.75) is 58.0 Å². The number of rotatable bonds is 4. The van der Waals surface area contributed by atoms with Crippen LogP contribution in [-0.4, -0.2) is 61.2 Å². The van der Waals surface area contributed by atoms with E-state index in [-0.39, 0.29) is 0 Å². The van der Waals surface area contributed by atoms with E-state index in [1.165, 1.54) is 71.4 Å². The number of piperidine rings is 1. The highest BCUT2D eigenvalue weighted by Gasteiger charge is 2.23. The maximum atomic E-state index is 3.94. The first kappa shape index (κ1) is 14.3. The third kappa shape index (κ3) is 4.22. The first-order chi connectivity index (χ1) is 8.81. The lowest BCUT2D eigenvalue weighted by atomic mass is 10.0. The second kappa shape index (κ2) is 7.46. The minimum Gasteiger partial charge on any atom is -0.310 e. The Morgan fingerprint density at radius 2 is 1.50 bits per heavy atom. The minimum atomic E-state index is 0.747. The average molecular weight is 253 g/mol. The van der Waals surface area contributed by atoms with Crippen LogP contribution in [-0.2, 0) is 0 Å². The van der Waals surface area contributed by atoms with Gasteiger partial charge in [0.2, 0.25) is 0 Å². The summed E-state index contributed by atoms with van der Waals surface area (Å²) >= 11 is 0. The summed E-state index contributed by atoms with van der Waals surface area (Å²) in [5.74, 6) is 0. The fraction of sp³-hybridized carbons (Fsp3) is 1.00. The van der Waals surface area contributed by atoms with Gasteiger partial charge < -0.3 is 15.1 Å². The summed E-state index contributed by atoms with van der Waals surface area (Å²) < 4.78 is 0. The number of nitrogens with one attached hydrogen (secondary N) is 1. The van der Waals surface area contributed by atoms with Gasteiger partial charge in [-0.15, -0.1) is 0 Å². The van der Waals surface area contributed by atoms with Gasteiger partial charge in [0.05, 0.1) is 0 Å². The number of likely N-dealkylation sites (N-methyl/N-ethyl adjacent to an activating group) is 1. The lowest BCUT2D eigenvalue weighted by molar-refractivity contribution is 0.187. The molecule has 18 heavy (non-hydrogen) atoms. The zero-order valence-electron chi connectivity index (χ0n) is 12.3. The van der Waals surface area contributed by atoms with Crippen LogP contribution in [0.25, 0.3) is 0 Å². The number of nitrogens with zero attached hydrogens (tertiary/aromatic N) is 2. The first-order valence-electron chi connectivity index (χ1n) is 8.02. The Morgan fingerprint density at radius 1 is 0.833 bits per heavy atom. The van der Waals surface area contributed by atoms with Crippen LogP contribution in [0.1, 0.15) is 46.0 Å². The van der Waals surface area contributed by atoms with Gasteiger partial charge in [0.1, 0.15) is 0 Å². The molecule has 2 atom stereocenters. The van der Waals surface area contributed by atoms with Crippen LogP contribution in [0, 0.1) is 0 Å². The molecule has 2 fully saturated rings. The Labute approximate surface area is 113 Å². The monoisotopic (exact) mass is 253 g/mol. The molecule has 0 amide bonds. The van der Waals surface area contributed by atoms with Gasteiger partial charge in [-0.1, -0.05) is 13.8 Å². The van der Waals surface area contributed by atoms with Crippen molar-refractivity contribution in [2.24, 2.45) is 0 Å². The van der Waals surface area contributed by atoms with Gasteiger partial charge in [-0.2, -0.15) is 0 Å². The predicted octanol–water partition coefficient (Wildman–Crippen LogP) is 1.93. The van der Waals surface area contributed by atoms with Gasteiger partial charge in [0.25, 0.3) is 0 Å². The minimum absolute atomic E-state index is 0.747. The molecule has 3 heteroatoms. The first-order valence-corrected chi connectivity index (χ1v) is 8.02. The molecule has 0 aromatic carbocycles. The topological polar surface area (TPSA) is 18.5 Å². The van der Waals surface area contributed by atoms with E-state index in [0.29, 0.717) is 0 Å². The SMILES string of the molecule is CCN1CCCC(NC2CCCN(CC)C2)CC1. The van der Waals surface area contributed by atoms with E-state index in [0.717, 1.165) is 12.1 Å². The Bertz CT molecular complexity index is 232. The summed E-state index contributed by atoms with van der Waals surface area (Å²) in [7, 11) is 0. The molecule has 2 saturated heterocycles. The lowest BCUT2D eigenvalue weighted by Gasteiger charge is -2.34. The fourth-order valence-corrected chi connectivity index (χ4v) is 3.45. The molecule has 0 bridgehead atoms. The van der Waals surface area contributed by atoms with E-state index in [9.17, 15) is 0 Å². The Morgan fingerprint density at radius 3 is 2.22 bits per heavy atom. The molecule has 0 aromatic rings. The standard InChI is InChI=1S/C15H31N3/c1-3-17-10-5-7-14(9-12-17)16-15-8-6-11-18(4-2)13-15/h14-16H,3-13H2,1-2H3. The van der Waals surface area contributed by atoms with Gasteiger partial charge >= 0.3 is 0 Å². The van der Waals surface area contributed by atoms with Gasteiger partial charge in [-0.3, -0.25) is 0 Å². The molecule has 106 valence electrons. The zero-order chi connectivity index (χ0) is 12.8. The van der Waals surface area contributed by atoms with Crippen molar-refractivity contribution in [2.75, 3.05) is 39.3 Å². The highest BCUT2D eigenvalue weighted by Crippen LogP contribution is 2.15. The molecule has 0 aromatic heterocycles. The lowest BCUT2D eigenvalue weighted by Crippen LogP contribution is -2.49. The summed E-state index contributed by atoms with van der Waals surface area (Å²) in [6, 6.07) is 1.51. The van der Waals surface area contributed by atoms with Crippen molar-refractivity contribution in [3.63, 3.8) is 0 Å². The van der Waals surface area contributed by atoms with Gasteiger partial charge in [-0.25, -0.2) is 0 Å². The molecule has 2 aliphatic heterocycles. The van der Waals surface area contributed by atoms with Crippen molar-refractivity contribution in [3.05, 3.63) is 0 Å². The summed E-state index contributed by atoms with van der Waals surface area (Å²) in [5.41, 5.74) is 0. The Kier molecular flexibility index (Phi) is 5.93. The molecule has 2 heterocycles. The van der Waals surface area contributed by atoms with Crippen LogP contribution < -0.4 is 5.32 Å². The Hall–Kier alpha value is -0.120. The van der Waals surface area contributed by atoms with Crippen LogP contribution >= 0.6 is 0 Å². The largest absolute Gasteiger partial charge is 0.310 e. The van der Waals surface area contributed by atoms with E-state index in [1.807, 2.05) is 0 Å². The molecule has 1 N–H and O–H groups in total. The summed E-state index contributed by atoms with van der Waals surface area (Å²) in [6.45, 7) is 12.2. The van der Waals surface area contributed by atoms with E-state index < -0.39 is 0 Å². The van der Waals surface area contributed by atoms with Crippen LogP contribution in [0.4, 0.5) is 0 Å². The molecular formula is C15H31N3. The van der Waals surface area contributed by atoms with E-state index >= 15 is 0 Å². The quantitative estimate of drug-likeness (QED) is 0.826. The second-order valence-corrected chi connectivity index (χ2v) is 5.96. The van der Waals surface area contributed by atoms with Crippen LogP contribution in [0.15, 0.2) is 0 Å². The molecule has 2 aliphatic rings. The summed E-state index contributed by atoms with van der Waals surface area (Å²) in [5, 5.41) is 3.94.